The molecule has 0 fully saturated rings. The van der Waals surface area contributed by atoms with Crippen molar-refractivity contribution < 1.29 is 8.42 Å². The van der Waals surface area contributed by atoms with E-state index in [0.29, 0.717) is 5.56 Å². The molecule has 0 saturated heterocycles. The smallest absolute Gasteiger partial charge is 0.211 e. The Morgan fingerprint density at radius 1 is 0.947 bits per heavy atom. The van der Waals surface area contributed by atoms with Gasteiger partial charge in [0.05, 0.1) is 0 Å². The molecule has 2 rings (SSSR count). The third kappa shape index (κ3) is 3.25. The molecule has 0 aliphatic carbocycles. The predicted octanol–water partition coefficient (Wildman–Crippen LogP) is 4.15. The minimum atomic E-state index is -3.69. The third-order valence-electron chi connectivity index (χ3n) is 2.86. The molecule has 1 atom stereocenters. The highest BCUT2D eigenvalue weighted by Gasteiger charge is 2.21. The van der Waals surface area contributed by atoms with E-state index in [4.69, 9.17) is 10.7 Å². The van der Waals surface area contributed by atoms with Crippen LogP contribution in [0.5, 0.6) is 0 Å². The second kappa shape index (κ2) is 5.59. The van der Waals surface area contributed by atoms with Gasteiger partial charge in [0.15, 0.2) is 0 Å². The summed E-state index contributed by atoms with van der Waals surface area (Å²) in [6.07, 6.45) is 1.33. The molecule has 4 heteroatoms. The van der Waals surface area contributed by atoms with Crippen LogP contribution in [0.25, 0.3) is 11.1 Å². The summed E-state index contributed by atoms with van der Waals surface area (Å²) in [6.45, 7) is 3.52. The lowest BCUT2D eigenvalue weighted by Gasteiger charge is -2.10. The van der Waals surface area contributed by atoms with Gasteiger partial charge in [0.25, 0.3) is 0 Å². The number of rotatable bonds is 4. The molecule has 2 nitrogen and oxygen atoms in total. The number of hydrogen-bond acceptors (Lipinski definition) is 2. The molecule has 0 spiro atoms. The molecule has 0 amide bonds. The monoisotopic (exact) mass is 292 g/mol. The third-order valence-corrected chi connectivity index (χ3v) is 4.51. The fourth-order valence-electron chi connectivity index (χ4n) is 1.91. The molecule has 0 aliphatic heterocycles. The fraction of sp³-hybridized carbons (Fsp3) is 0.0667. The second-order valence-corrected chi connectivity index (χ2v) is 6.87. The van der Waals surface area contributed by atoms with Crippen molar-refractivity contribution in [2.75, 3.05) is 0 Å². The molecular weight excluding hydrogens is 280 g/mol. The van der Waals surface area contributed by atoms with Gasteiger partial charge >= 0.3 is 0 Å². The lowest BCUT2D eigenvalue weighted by atomic mass is 10.0. The van der Waals surface area contributed by atoms with Crippen molar-refractivity contribution in [3.05, 3.63) is 72.8 Å². The molecule has 0 saturated carbocycles. The van der Waals surface area contributed by atoms with Crippen LogP contribution in [0, 0.1) is 0 Å². The van der Waals surface area contributed by atoms with Gasteiger partial charge in [0.2, 0.25) is 9.05 Å². The van der Waals surface area contributed by atoms with Crippen LogP contribution in [0.1, 0.15) is 10.8 Å². The van der Waals surface area contributed by atoms with Crippen molar-refractivity contribution in [2.24, 2.45) is 0 Å². The van der Waals surface area contributed by atoms with Crippen LogP contribution in [-0.4, -0.2) is 8.42 Å². The van der Waals surface area contributed by atoms with E-state index in [1.54, 1.807) is 12.1 Å². The maximum atomic E-state index is 11.4. The van der Waals surface area contributed by atoms with Crippen molar-refractivity contribution >= 4 is 19.7 Å². The van der Waals surface area contributed by atoms with Crippen molar-refractivity contribution in [3.8, 4) is 11.1 Å². The van der Waals surface area contributed by atoms with Crippen LogP contribution in [0.15, 0.2) is 67.3 Å². The zero-order valence-corrected chi connectivity index (χ0v) is 11.7. The van der Waals surface area contributed by atoms with E-state index in [9.17, 15) is 8.42 Å². The minimum absolute atomic E-state index is 0.615. The van der Waals surface area contributed by atoms with Crippen LogP contribution >= 0.6 is 10.7 Å². The fourth-order valence-corrected chi connectivity index (χ4v) is 3.15. The molecule has 1 unspecified atom stereocenters. The molecule has 0 N–H and O–H groups in total. The predicted molar refractivity (Wildman–Crippen MR) is 79.6 cm³/mol. The quantitative estimate of drug-likeness (QED) is 0.627. The van der Waals surface area contributed by atoms with E-state index < -0.39 is 14.3 Å². The van der Waals surface area contributed by atoms with Crippen molar-refractivity contribution in [2.45, 2.75) is 5.25 Å². The van der Waals surface area contributed by atoms with Gasteiger partial charge in [0, 0.05) is 10.7 Å². The first-order valence-electron chi connectivity index (χ1n) is 5.74. The first kappa shape index (κ1) is 13.8. The van der Waals surface area contributed by atoms with Crippen LogP contribution in [-0.2, 0) is 9.05 Å². The van der Waals surface area contributed by atoms with E-state index in [1.165, 1.54) is 6.08 Å². The largest absolute Gasteiger partial charge is 0.243 e. The second-order valence-electron chi connectivity index (χ2n) is 4.12. The molecule has 0 aromatic heterocycles. The summed E-state index contributed by atoms with van der Waals surface area (Å²) >= 11 is 0. The highest BCUT2D eigenvalue weighted by Crippen LogP contribution is 2.28. The van der Waals surface area contributed by atoms with Crippen molar-refractivity contribution in [3.63, 3.8) is 0 Å². The number of halogens is 1. The summed E-state index contributed by atoms with van der Waals surface area (Å²) < 4.78 is 22.8. The minimum Gasteiger partial charge on any atom is -0.211 e. The van der Waals surface area contributed by atoms with E-state index in [0.717, 1.165) is 11.1 Å². The molecule has 98 valence electrons. The Morgan fingerprint density at radius 3 is 1.95 bits per heavy atom. The van der Waals surface area contributed by atoms with Crippen molar-refractivity contribution in [1.82, 2.24) is 0 Å². The normalized spacial score (nSPS) is 12.9. The van der Waals surface area contributed by atoms with Crippen LogP contribution in [0.2, 0.25) is 0 Å². The molecule has 0 aliphatic rings. The average molecular weight is 293 g/mol. The number of hydrogen-bond donors (Lipinski definition) is 0. The van der Waals surface area contributed by atoms with Gasteiger partial charge in [-0.3, -0.25) is 0 Å². The van der Waals surface area contributed by atoms with Crippen LogP contribution < -0.4 is 0 Å². The summed E-state index contributed by atoms with van der Waals surface area (Å²) in [6, 6.07) is 17.1. The lowest BCUT2D eigenvalue weighted by molar-refractivity contribution is 0.604. The van der Waals surface area contributed by atoms with E-state index in [1.807, 2.05) is 42.5 Å². The Hall–Kier alpha value is -1.58. The van der Waals surface area contributed by atoms with Gasteiger partial charge in [-0.2, -0.15) is 0 Å². The highest BCUT2D eigenvalue weighted by atomic mass is 35.7. The summed E-state index contributed by atoms with van der Waals surface area (Å²) in [4.78, 5) is 0. The number of benzene rings is 2. The Balaban J connectivity index is 2.36. The van der Waals surface area contributed by atoms with E-state index in [2.05, 4.69) is 6.58 Å². The van der Waals surface area contributed by atoms with Crippen LogP contribution in [0.4, 0.5) is 0 Å². The maximum Gasteiger partial charge on any atom is 0.243 e. The molecule has 0 bridgehead atoms. The first-order chi connectivity index (χ1) is 9.02. The Labute approximate surface area is 117 Å². The summed E-state index contributed by atoms with van der Waals surface area (Å²) in [5.41, 5.74) is 2.72. The summed E-state index contributed by atoms with van der Waals surface area (Å²) in [5, 5.41) is -0.876. The van der Waals surface area contributed by atoms with Gasteiger partial charge < -0.3 is 0 Å². The average Bonchev–Trinajstić information content (AvgIpc) is 2.40. The van der Waals surface area contributed by atoms with E-state index >= 15 is 0 Å². The highest BCUT2D eigenvalue weighted by molar-refractivity contribution is 8.14. The summed E-state index contributed by atoms with van der Waals surface area (Å²) in [5.74, 6) is 0. The zero-order chi connectivity index (χ0) is 13.9. The molecular formula is C15H13ClO2S. The van der Waals surface area contributed by atoms with Gasteiger partial charge in [-0.15, -0.1) is 6.58 Å². The SMILES string of the molecule is C=CC(c1ccc(-c2ccccc2)cc1)S(=O)(=O)Cl. The Bertz CT molecular complexity index is 661. The lowest BCUT2D eigenvalue weighted by Crippen LogP contribution is -2.03. The van der Waals surface area contributed by atoms with Gasteiger partial charge in [0.1, 0.15) is 5.25 Å². The molecule has 19 heavy (non-hydrogen) atoms. The molecule has 2 aromatic rings. The Morgan fingerprint density at radius 2 is 1.47 bits per heavy atom. The Kier molecular flexibility index (Phi) is 4.08. The summed E-state index contributed by atoms with van der Waals surface area (Å²) in [7, 11) is 1.70. The standard InChI is InChI=1S/C15H13ClO2S/c1-2-15(19(16,17)18)14-10-8-13(9-11-14)12-6-4-3-5-7-12/h2-11,15H,1H2. The van der Waals surface area contributed by atoms with Gasteiger partial charge in [-0.05, 0) is 16.7 Å². The topological polar surface area (TPSA) is 34.1 Å². The zero-order valence-electron chi connectivity index (χ0n) is 10.2. The van der Waals surface area contributed by atoms with Gasteiger partial charge in [-0.25, -0.2) is 8.42 Å². The molecule has 0 radical (unpaired) electrons. The molecule has 2 aromatic carbocycles. The van der Waals surface area contributed by atoms with E-state index in [-0.39, 0.29) is 0 Å². The molecule has 0 heterocycles. The first-order valence-corrected chi connectivity index (χ1v) is 8.11. The van der Waals surface area contributed by atoms with Crippen molar-refractivity contribution in [1.29, 1.82) is 0 Å². The van der Waals surface area contributed by atoms with Gasteiger partial charge in [-0.1, -0.05) is 60.7 Å². The maximum absolute atomic E-state index is 11.4. The van der Waals surface area contributed by atoms with Crippen LogP contribution in [0.3, 0.4) is 0 Å².